The molecule has 1 aliphatic rings. The molecule has 0 radical (unpaired) electrons. The van der Waals surface area contributed by atoms with Gasteiger partial charge in [-0.05, 0) is 37.3 Å². The molecule has 4 nitrogen and oxygen atoms in total. The minimum absolute atomic E-state index is 0.487. The molecule has 19 heavy (non-hydrogen) atoms. The van der Waals surface area contributed by atoms with Crippen LogP contribution >= 0.6 is 22.7 Å². The summed E-state index contributed by atoms with van der Waals surface area (Å²) in [5.74, 6) is 0. The first-order valence-corrected chi connectivity index (χ1v) is 8.34. The number of nitrogens with one attached hydrogen (secondary N) is 1. The van der Waals surface area contributed by atoms with Gasteiger partial charge in [0.05, 0.1) is 6.54 Å². The van der Waals surface area contributed by atoms with E-state index < -0.39 is 0 Å². The van der Waals surface area contributed by atoms with Gasteiger partial charge in [-0.15, -0.1) is 21.5 Å². The number of hydrogen-bond donors (Lipinski definition) is 1. The highest BCUT2D eigenvalue weighted by atomic mass is 32.1. The van der Waals surface area contributed by atoms with Gasteiger partial charge in [-0.3, -0.25) is 4.90 Å². The minimum atomic E-state index is 0.487. The van der Waals surface area contributed by atoms with Crippen molar-refractivity contribution in [2.75, 3.05) is 18.4 Å². The maximum atomic E-state index is 4.27. The fraction of sp³-hybridized carbons (Fsp3) is 0.538. The first-order valence-electron chi connectivity index (χ1n) is 6.64. The quantitative estimate of drug-likeness (QED) is 0.940. The van der Waals surface area contributed by atoms with E-state index in [9.17, 15) is 0 Å². The Hall–Kier alpha value is -0.980. The van der Waals surface area contributed by atoms with Crippen molar-refractivity contribution in [2.45, 2.75) is 32.9 Å². The number of fused-ring (bicyclic) bond motifs is 1. The first kappa shape index (κ1) is 13.0. The summed E-state index contributed by atoms with van der Waals surface area (Å²) < 4.78 is 0. The highest BCUT2D eigenvalue weighted by Crippen LogP contribution is 2.34. The lowest BCUT2D eigenvalue weighted by Crippen LogP contribution is -2.32. The second-order valence-corrected chi connectivity index (χ2v) is 6.79. The molecule has 1 atom stereocenters. The summed E-state index contributed by atoms with van der Waals surface area (Å²) in [4.78, 5) is 4.04. The van der Waals surface area contributed by atoms with Crippen molar-refractivity contribution in [3.63, 3.8) is 0 Å². The van der Waals surface area contributed by atoms with E-state index in [4.69, 9.17) is 0 Å². The van der Waals surface area contributed by atoms with Gasteiger partial charge in [0.2, 0.25) is 5.13 Å². The summed E-state index contributed by atoms with van der Waals surface area (Å²) in [6.07, 6.45) is 1.16. The van der Waals surface area contributed by atoms with Crippen molar-refractivity contribution in [2.24, 2.45) is 0 Å². The molecule has 0 bridgehead atoms. The zero-order valence-electron chi connectivity index (χ0n) is 11.2. The van der Waals surface area contributed by atoms with Crippen LogP contribution in [-0.4, -0.2) is 28.2 Å². The summed E-state index contributed by atoms with van der Waals surface area (Å²) in [6, 6.07) is 2.75. The zero-order chi connectivity index (χ0) is 13.2. The third-order valence-corrected chi connectivity index (χ3v) is 5.40. The Labute approximate surface area is 121 Å². The highest BCUT2D eigenvalue weighted by molar-refractivity contribution is 7.15. The lowest BCUT2D eigenvalue weighted by Gasteiger charge is -2.32. The monoisotopic (exact) mass is 294 g/mol. The molecule has 0 amide bonds. The zero-order valence-corrected chi connectivity index (χ0v) is 12.9. The molecular formula is C13H18N4S2. The topological polar surface area (TPSA) is 41.1 Å². The smallest absolute Gasteiger partial charge is 0.205 e. The Kier molecular flexibility index (Phi) is 3.81. The summed E-state index contributed by atoms with van der Waals surface area (Å²) in [5, 5.41) is 15.9. The van der Waals surface area contributed by atoms with Gasteiger partial charge in [-0.1, -0.05) is 11.3 Å². The predicted octanol–water partition coefficient (Wildman–Crippen LogP) is 3.15. The molecule has 3 rings (SSSR count). The minimum Gasteiger partial charge on any atom is -0.360 e. The number of anilines is 1. The van der Waals surface area contributed by atoms with Crippen LogP contribution < -0.4 is 5.32 Å². The molecule has 0 fully saturated rings. The second-order valence-electron chi connectivity index (χ2n) is 4.73. The second kappa shape index (κ2) is 5.56. The van der Waals surface area contributed by atoms with Crippen LogP contribution in [0.1, 0.15) is 35.3 Å². The number of aromatic nitrogens is 2. The van der Waals surface area contributed by atoms with Crippen molar-refractivity contribution in [1.29, 1.82) is 0 Å². The van der Waals surface area contributed by atoms with Crippen LogP contribution in [0.5, 0.6) is 0 Å². The Morgan fingerprint density at radius 2 is 2.37 bits per heavy atom. The number of rotatable bonds is 4. The number of thiophene rings is 1. The van der Waals surface area contributed by atoms with Crippen LogP contribution in [0.25, 0.3) is 0 Å². The van der Waals surface area contributed by atoms with E-state index in [0.29, 0.717) is 6.04 Å². The van der Waals surface area contributed by atoms with E-state index in [1.165, 1.54) is 5.56 Å². The SMILES string of the molecule is CCNc1nnc(CN2CCc3sccc3C2C)s1. The third kappa shape index (κ3) is 2.66. The van der Waals surface area contributed by atoms with Crippen LogP contribution in [0.4, 0.5) is 5.13 Å². The number of hydrogen-bond acceptors (Lipinski definition) is 6. The largest absolute Gasteiger partial charge is 0.360 e. The lowest BCUT2D eigenvalue weighted by atomic mass is 10.0. The van der Waals surface area contributed by atoms with Gasteiger partial charge in [0.1, 0.15) is 5.01 Å². The molecule has 0 spiro atoms. The molecule has 6 heteroatoms. The molecular weight excluding hydrogens is 276 g/mol. The van der Waals surface area contributed by atoms with Crippen LogP contribution in [0.15, 0.2) is 11.4 Å². The van der Waals surface area contributed by atoms with E-state index in [2.05, 4.69) is 45.7 Å². The van der Waals surface area contributed by atoms with Crippen LogP contribution in [0.3, 0.4) is 0 Å². The maximum absolute atomic E-state index is 4.27. The van der Waals surface area contributed by atoms with Crippen molar-refractivity contribution >= 4 is 27.8 Å². The van der Waals surface area contributed by atoms with Gasteiger partial charge in [-0.2, -0.15) is 0 Å². The molecule has 1 N–H and O–H groups in total. The Morgan fingerprint density at radius 1 is 1.47 bits per heavy atom. The summed E-state index contributed by atoms with van der Waals surface area (Å²) in [7, 11) is 0. The first-order chi connectivity index (χ1) is 9.28. The molecule has 0 aliphatic carbocycles. The van der Waals surface area contributed by atoms with Crippen molar-refractivity contribution in [1.82, 2.24) is 15.1 Å². The van der Waals surface area contributed by atoms with Crippen molar-refractivity contribution in [3.05, 3.63) is 26.9 Å². The van der Waals surface area contributed by atoms with Gasteiger partial charge >= 0.3 is 0 Å². The van der Waals surface area contributed by atoms with Crippen LogP contribution in [0, 0.1) is 0 Å². The number of nitrogens with zero attached hydrogens (tertiary/aromatic N) is 3. The molecule has 3 heterocycles. The van der Waals surface area contributed by atoms with Crippen molar-refractivity contribution < 1.29 is 0 Å². The van der Waals surface area contributed by atoms with Crippen molar-refractivity contribution in [3.8, 4) is 0 Å². The van der Waals surface area contributed by atoms with Crippen LogP contribution in [0.2, 0.25) is 0 Å². The molecule has 2 aromatic rings. The molecule has 1 unspecified atom stereocenters. The average molecular weight is 294 g/mol. The third-order valence-electron chi connectivity index (χ3n) is 3.54. The van der Waals surface area contributed by atoms with Gasteiger partial charge in [0, 0.05) is 24.0 Å². The Bertz CT molecular complexity index is 548. The van der Waals surface area contributed by atoms with Gasteiger partial charge < -0.3 is 5.32 Å². The molecule has 1 aliphatic heterocycles. The molecule has 0 aromatic carbocycles. The standard InChI is InChI=1S/C13H18N4S2/c1-3-14-13-16-15-12(19-13)8-17-6-4-11-10(9(17)2)5-7-18-11/h5,7,9H,3-4,6,8H2,1-2H3,(H,14,16). The van der Waals surface area contributed by atoms with E-state index in [1.807, 2.05) is 11.3 Å². The lowest BCUT2D eigenvalue weighted by molar-refractivity contribution is 0.191. The predicted molar refractivity (Wildman–Crippen MR) is 80.9 cm³/mol. The van der Waals surface area contributed by atoms with Gasteiger partial charge in [-0.25, -0.2) is 0 Å². The van der Waals surface area contributed by atoms with E-state index in [0.717, 1.165) is 36.2 Å². The fourth-order valence-corrected chi connectivity index (χ4v) is 4.29. The summed E-state index contributed by atoms with van der Waals surface area (Å²) in [6.45, 7) is 7.28. The summed E-state index contributed by atoms with van der Waals surface area (Å²) >= 11 is 3.55. The molecule has 2 aromatic heterocycles. The normalized spacial score (nSPS) is 19.4. The Balaban J connectivity index is 1.70. The average Bonchev–Trinajstić information content (AvgIpc) is 3.03. The maximum Gasteiger partial charge on any atom is 0.205 e. The molecule has 0 saturated carbocycles. The van der Waals surface area contributed by atoms with E-state index in [-0.39, 0.29) is 0 Å². The summed E-state index contributed by atoms with van der Waals surface area (Å²) in [5.41, 5.74) is 1.49. The Morgan fingerprint density at radius 3 is 3.21 bits per heavy atom. The highest BCUT2D eigenvalue weighted by Gasteiger charge is 2.25. The van der Waals surface area contributed by atoms with E-state index in [1.54, 1.807) is 16.2 Å². The fourth-order valence-electron chi connectivity index (χ4n) is 2.49. The van der Waals surface area contributed by atoms with E-state index >= 15 is 0 Å². The molecule has 0 saturated heterocycles. The molecule has 102 valence electrons. The van der Waals surface area contributed by atoms with Gasteiger partial charge in [0.15, 0.2) is 0 Å². The van der Waals surface area contributed by atoms with Crippen LogP contribution in [-0.2, 0) is 13.0 Å². The van der Waals surface area contributed by atoms with Gasteiger partial charge in [0.25, 0.3) is 0 Å².